The van der Waals surface area contributed by atoms with Crippen LogP contribution >= 0.6 is 0 Å². The number of rotatable bonds is 6. The fourth-order valence-electron chi connectivity index (χ4n) is 2.25. The molecule has 0 unspecified atom stereocenters. The van der Waals surface area contributed by atoms with Crippen LogP contribution in [0.1, 0.15) is 43.5 Å². The summed E-state index contributed by atoms with van der Waals surface area (Å²) in [4.78, 5) is 4.54. The SMILES string of the molecule is COC(C)(C)CCOc1nc2c(cc1C(=N)N)CCC2. The van der Waals surface area contributed by atoms with Crippen LogP contribution in [0.3, 0.4) is 0 Å². The summed E-state index contributed by atoms with van der Waals surface area (Å²) in [6.45, 7) is 4.52. The first kappa shape index (κ1) is 14.8. The van der Waals surface area contributed by atoms with Gasteiger partial charge in [-0.3, -0.25) is 5.41 Å². The van der Waals surface area contributed by atoms with Crippen molar-refractivity contribution in [3.05, 3.63) is 22.9 Å². The number of pyridine rings is 1. The third-order valence-electron chi connectivity index (χ3n) is 3.80. The number of ether oxygens (including phenoxy) is 2. The van der Waals surface area contributed by atoms with E-state index in [1.807, 2.05) is 19.9 Å². The Bertz CT molecular complexity index is 512. The summed E-state index contributed by atoms with van der Waals surface area (Å²) in [7, 11) is 1.69. The molecule has 5 nitrogen and oxygen atoms in total. The van der Waals surface area contributed by atoms with Crippen LogP contribution in [-0.2, 0) is 17.6 Å². The fraction of sp³-hybridized carbons (Fsp3) is 0.600. The first-order chi connectivity index (χ1) is 9.43. The van der Waals surface area contributed by atoms with Crippen LogP contribution in [-0.4, -0.2) is 30.1 Å². The maximum Gasteiger partial charge on any atom is 0.224 e. The van der Waals surface area contributed by atoms with Gasteiger partial charge in [0, 0.05) is 19.2 Å². The molecule has 0 spiro atoms. The second kappa shape index (κ2) is 5.79. The summed E-state index contributed by atoms with van der Waals surface area (Å²) in [5, 5.41) is 7.67. The van der Waals surface area contributed by atoms with Gasteiger partial charge in [-0.15, -0.1) is 0 Å². The number of hydrogen-bond donors (Lipinski definition) is 2. The van der Waals surface area contributed by atoms with E-state index in [9.17, 15) is 0 Å². The predicted molar refractivity (Wildman–Crippen MR) is 78.5 cm³/mol. The van der Waals surface area contributed by atoms with Crippen molar-refractivity contribution in [1.29, 1.82) is 5.41 Å². The maximum atomic E-state index is 7.67. The first-order valence-corrected chi connectivity index (χ1v) is 6.98. The quantitative estimate of drug-likeness (QED) is 0.616. The van der Waals surface area contributed by atoms with E-state index in [0.29, 0.717) is 18.1 Å². The number of fused-ring (bicyclic) bond motifs is 1. The molecule has 0 aromatic carbocycles. The molecule has 0 atom stereocenters. The van der Waals surface area contributed by atoms with Crippen LogP contribution in [0.4, 0.5) is 0 Å². The molecule has 5 heteroatoms. The van der Waals surface area contributed by atoms with Gasteiger partial charge in [-0.25, -0.2) is 4.98 Å². The molecule has 0 bridgehead atoms. The van der Waals surface area contributed by atoms with Gasteiger partial charge in [-0.05, 0) is 44.7 Å². The van der Waals surface area contributed by atoms with Crippen molar-refractivity contribution >= 4 is 5.84 Å². The number of amidine groups is 1. The Labute approximate surface area is 120 Å². The highest BCUT2D eigenvalue weighted by Gasteiger charge is 2.20. The van der Waals surface area contributed by atoms with Crippen molar-refractivity contribution in [1.82, 2.24) is 4.98 Å². The van der Waals surface area contributed by atoms with E-state index in [1.54, 1.807) is 7.11 Å². The van der Waals surface area contributed by atoms with E-state index in [0.717, 1.165) is 31.4 Å². The zero-order valence-corrected chi connectivity index (χ0v) is 12.5. The molecule has 0 amide bonds. The van der Waals surface area contributed by atoms with E-state index in [4.69, 9.17) is 20.6 Å². The number of methoxy groups -OCH3 is 1. The summed E-state index contributed by atoms with van der Waals surface area (Å²) >= 11 is 0. The second-order valence-electron chi connectivity index (χ2n) is 5.78. The molecule has 110 valence electrons. The van der Waals surface area contributed by atoms with E-state index >= 15 is 0 Å². The van der Waals surface area contributed by atoms with Gasteiger partial charge in [0.2, 0.25) is 5.88 Å². The smallest absolute Gasteiger partial charge is 0.224 e. The third-order valence-corrected chi connectivity index (χ3v) is 3.80. The molecular weight excluding hydrogens is 254 g/mol. The lowest BCUT2D eigenvalue weighted by molar-refractivity contribution is 0.00506. The highest BCUT2D eigenvalue weighted by atomic mass is 16.5. The standard InChI is InChI=1S/C15H23N3O2/c1-15(2,19-3)7-8-20-14-11(13(16)17)9-10-5-4-6-12(10)18-14/h9H,4-8H2,1-3H3,(H3,16,17). The summed E-state index contributed by atoms with van der Waals surface area (Å²) in [6, 6.07) is 1.95. The highest BCUT2D eigenvalue weighted by molar-refractivity contribution is 5.97. The Hall–Kier alpha value is -1.62. The lowest BCUT2D eigenvalue weighted by atomic mass is 10.1. The summed E-state index contributed by atoms with van der Waals surface area (Å²) in [5.41, 5.74) is 8.27. The van der Waals surface area contributed by atoms with Crippen LogP contribution in [0.5, 0.6) is 5.88 Å². The first-order valence-electron chi connectivity index (χ1n) is 6.98. The third kappa shape index (κ3) is 3.28. The van der Waals surface area contributed by atoms with Gasteiger partial charge in [0.15, 0.2) is 0 Å². The lowest BCUT2D eigenvalue weighted by Gasteiger charge is -2.22. The molecule has 1 heterocycles. The zero-order valence-electron chi connectivity index (χ0n) is 12.5. The summed E-state index contributed by atoms with van der Waals surface area (Å²) < 4.78 is 11.1. The predicted octanol–water partition coefficient (Wildman–Crippen LogP) is 2.05. The molecule has 1 aromatic heterocycles. The van der Waals surface area contributed by atoms with E-state index in [-0.39, 0.29) is 11.4 Å². The molecule has 1 aliphatic carbocycles. The fourth-order valence-corrected chi connectivity index (χ4v) is 2.25. The van der Waals surface area contributed by atoms with Gasteiger partial charge in [0.25, 0.3) is 0 Å². The Kier molecular flexibility index (Phi) is 4.28. The minimum Gasteiger partial charge on any atom is -0.477 e. The van der Waals surface area contributed by atoms with Crippen molar-refractivity contribution in [2.24, 2.45) is 5.73 Å². The van der Waals surface area contributed by atoms with E-state index in [1.165, 1.54) is 5.56 Å². The largest absolute Gasteiger partial charge is 0.477 e. The monoisotopic (exact) mass is 277 g/mol. The van der Waals surface area contributed by atoms with E-state index in [2.05, 4.69) is 4.98 Å². The normalized spacial score (nSPS) is 14.2. The van der Waals surface area contributed by atoms with Crippen LogP contribution in [0.2, 0.25) is 0 Å². The number of nitrogens with one attached hydrogen (secondary N) is 1. The number of nitrogens with two attached hydrogens (primary N) is 1. The van der Waals surface area contributed by atoms with Crippen molar-refractivity contribution in [3.63, 3.8) is 0 Å². The Balaban J connectivity index is 2.12. The average Bonchev–Trinajstić information content (AvgIpc) is 2.84. The molecule has 0 radical (unpaired) electrons. The molecular formula is C15H23N3O2. The van der Waals surface area contributed by atoms with Crippen LogP contribution in [0, 0.1) is 5.41 Å². The number of hydrogen-bond acceptors (Lipinski definition) is 4. The van der Waals surface area contributed by atoms with Gasteiger partial charge in [-0.1, -0.05) is 0 Å². The Morgan fingerprint density at radius 2 is 2.20 bits per heavy atom. The van der Waals surface area contributed by atoms with Gasteiger partial charge in [-0.2, -0.15) is 0 Å². The molecule has 0 fully saturated rings. The number of nitrogens with zero attached hydrogens (tertiary/aromatic N) is 1. The van der Waals surface area contributed by atoms with Crippen LogP contribution in [0.15, 0.2) is 6.07 Å². The van der Waals surface area contributed by atoms with Crippen molar-refractivity contribution < 1.29 is 9.47 Å². The van der Waals surface area contributed by atoms with Gasteiger partial charge < -0.3 is 15.2 Å². The van der Waals surface area contributed by atoms with Gasteiger partial charge in [0.05, 0.1) is 17.8 Å². The molecule has 3 N–H and O–H groups in total. The number of nitrogen functional groups attached to an aromatic ring is 1. The second-order valence-corrected chi connectivity index (χ2v) is 5.78. The summed E-state index contributed by atoms with van der Waals surface area (Å²) in [5.74, 6) is 0.484. The van der Waals surface area contributed by atoms with Crippen molar-refractivity contribution in [2.45, 2.75) is 45.1 Å². The molecule has 1 aromatic rings. The molecule has 2 rings (SSSR count). The average molecular weight is 277 g/mol. The van der Waals surface area contributed by atoms with Crippen molar-refractivity contribution in [2.75, 3.05) is 13.7 Å². The zero-order chi connectivity index (χ0) is 14.8. The molecule has 0 aliphatic heterocycles. The van der Waals surface area contributed by atoms with Gasteiger partial charge in [0.1, 0.15) is 5.84 Å². The molecule has 0 saturated heterocycles. The number of aryl methyl sites for hydroxylation is 2. The molecule has 0 saturated carbocycles. The van der Waals surface area contributed by atoms with Crippen LogP contribution in [0.25, 0.3) is 0 Å². The lowest BCUT2D eigenvalue weighted by Crippen LogP contribution is -2.25. The summed E-state index contributed by atoms with van der Waals surface area (Å²) in [6.07, 6.45) is 3.85. The van der Waals surface area contributed by atoms with E-state index < -0.39 is 0 Å². The number of aromatic nitrogens is 1. The van der Waals surface area contributed by atoms with Gasteiger partial charge >= 0.3 is 0 Å². The Morgan fingerprint density at radius 1 is 1.45 bits per heavy atom. The maximum absolute atomic E-state index is 7.67. The Morgan fingerprint density at radius 3 is 2.85 bits per heavy atom. The minimum absolute atomic E-state index is 0.00759. The molecule has 20 heavy (non-hydrogen) atoms. The highest BCUT2D eigenvalue weighted by Crippen LogP contribution is 2.26. The minimum atomic E-state index is -0.229. The van der Waals surface area contributed by atoms with Crippen molar-refractivity contribution in [3.8, 4) is 5.88 Å². The van der Waals surface area contributed by atoms with Crippen LogP contribution < -0.4 is 10.5 Å². The molecule has 1 aliphatic rings. The topological polar surface area (TPSA) is 81.2 Å².